The summed E-state index contributed by atoms with van der Waals surface area (Å²) < 4.78 is 28.4. The van der Waals surface area contributed by atoms with Crippen LogP contribution in [0.1, 0.15) is 18.1 Å². The fraction of sp³-hybridized carbons (Fsp3) is 0.231. The van der Waals surface area contributed by atoms with Gasteiger partial charge >= 0.3 is 0 Å². The second kappa shape index (κ2) is 11.4. The Hall–Kier alpha value is -3.36. The summed E-state index contributed by atoms with van der Waals surface area (Å²) in [5.74, 6) is -0.860. The van der Waals surface area contributed by atoms with E-state index >= 15 is 0 Å². The number of aryl methyl sites for hydroxylation is 1. The minimum atomic E-state index is -4.11. The summed E-state index contributed by atoms with van der Waals surface area (Å²) in [5.41, 5.74) is 2.01. The molecule has 35 heavy (non-hydrogen) atoms. The number of carbonyl (C=O) groups excluding carboxylic acids is 2. The number of nitrogens with zero attached hydrogens (tertiary/aromatic N) is 2. The maximum atomic E-state index is 13.7. The monoisotopic (exact) mass is 513 g/mol. The molecule has 0 saturated heterocycles. The van der Waals surface area contributed by atoms with Crippen LogP contribution in [0.4, 0.5) is 5.69 Å². The molecule has 0 aliphatic carbocycles. The second-order valence-electron chi connectivity index (χ2n) is 8.10. The molecule has 1 atom stereocenters. The van der Waals surface area contributed by atoms with Crippen LogP contribution in [0.2, 0.25) is 5.02 Å². The van der Waals surface area contributed by atoms with E-state index < -0.39 is 28.5 Å². The van der Waals surface area contributed by atoms with Gasteiger partial charge in [0, 0.05) is 18.6 Å². The fourth-order valence-electron chi connectivity index (χ4n) is 3.62. The van der Waals surface area contributed by atoms with Crippen LogP contribution >= 0.6 is 11.6 Å². The molecular formula is C26H28ClN3O4S. The maximum Gasteiger partial charge on any atom is 0.264 e. The molecular weight excluding hydrogens is 486 g/mol. The Morgan fingerprint density at radius 3 is 2.23 bits per heavy atom. The lowest BCUT2D eigenvalue weighted by atomic mass is 10.1. The molecule has 0 heterocycles. The average molecular weight is 514 g/mol. The van der Waals surface area contributed by atoms with Crippen LogP contribution in [-0.4, -0.2) is 44.8 Å². The molecule has 184 valence electrons. The number of amides is 2. The Kier molecular flexibility index (Phi) is 8.53. The van der Waals surface area contributed by atoms with Crippen LogP contribution in [-0.2, 0) is 26.2 Å². The zero-order valence-electron chi connectivity index (χ0n) is 19.8. The number of hydrogen-bond donors (Lipinski definition) is 1. The summed E-state index contributed by atoms with van der Waals surface area (Å²) in [4.78, 5) is 27.5. The number of likely N-dealkylation sites (N-methyl/N-ethyl adjacent to an activating group) is 1. The van der Waals surface area contributed by atoms with E-state index in [1.165, 1.54) is 36.2 Å². The van der Waals surface area contributed by atoms with Crippen molar-refractivity contribution in [3.63, 3.8) is 0 Å². The van der Waals surface area contributed by atoms with Gasteiger partial charge in [-0.15, -0.1) is 0 Å². The largest absolute Gasteiger partial charge is 0.357 e. The molecule has 0 aliphatic rings. The summed E-state index contributed by atoms with van der Waals surface area (Å²) in [7, 11) is -2.62. The molecule has 0 aromatic heterocycles. The lowest BCUT2D eigenvalue weighted by Gasteiger charge is -2.31. The Morgan fingerprint density at radius 1 is 0.971 bits per heavy atom. The number of nitrogens with one attached hydrogen (secondary N) is 1. The van der Waals surface area contributed by atoms with Crippen LogP contribution in [0, 0.1) is 6.92 Å². The van der Waals surface area contributed by atoms with Crippen molar-refractivity contribution >= 4 is 39.1 Å². The first-order valence-electron chi connectivity index (χ1n) is 11.0. The van der Waals surface area contributed by atoms with E-state index in [-0.39, 0.29) is 17.3 Å². The topological polar surface area (TPSA) is 86.8 Å². The van der Waals surface area contributed by atoms with E-state index in [2.05, 4.69) is 5.32 Å². The van der Waals surface area contributed by atoms with Crippen molar-refractivity contribution < 1.29 is 18.0 Å². The summed E-state index contributed by atoms with van der Waals surface area (Å²) in [5, 5.41) is 2.96. The van der Waals surface area contributed by atoms with Crippen LogP contribution in [0.3, 0.4) is 0 Å². The van der Waals surface area contributed by atoms with Crippen molar-refractivity contribution in [2.24, 2.45) is 0 Å². The molecule has 2 amide bonds. The van der Waals surface area contributed by atoms with Crippen molar-refractivity contribution in [2.45, 2.75) is 31.3 Å². The van der Waals surface area contributed by atoms with Gasteiger partial charge in [0.1, 0.15) is 12.6 Å². The van der Waals surface area contributed by atoms with Crippen molar-refractivity contribution in [1.82, 2.24) is 10.2 Å². The summed E-state index contributed by atoms with van der Waals surface area (Å²) in [6, 6.07) is 21.1. The highest BCUT2D eigenvalue weighted by atomic mass is 35.5. The first-order chi connectivity index (χ1) is 16.6. The Labute approximate surface area is 211 Å². The van der Waals surface area contributed by atoms with Gasteiger partial charge < -0.3 is 10.2 Å². The van der Waals surface area contributed by atoms with Gasteiger partial charge in [0.25, 0.3) is 10.0 Å². The van der Waals surface area contributed by atoms with Gasteiger partial charge in [-0.3, -0.25) is 13.9 Å². The predicted molar refractivity (Wildman–Crippen MR) is 138 cm³/mol. The molecule has 7 nitrogen and oxygen atoms in total. The van der Waals surface area contributed by atoms with Gasteiger partial charge in [0.15, 0.2) is 0 Å². The highest BCUT2D eigenvalue weighted by Crippen LogP contribution is 2.26. The predicted octanol–water partition coefficient (Wildman–Crippen LogP) is 4.01. The van der Waals surface area contributed by atoms with Gasteiger partial charge in [-0.2, -0.15) is 0 Å². The maximum absolute atomic E-state index is 13.7. The van der Waals surface area contributed by atoms with E-state index in [0.29, 0.717) is 10.7 Å². The van der Waals surface area contributed by atoms with Crippen LogP contribution in [0.5, 0.6) is 0 Å². The minimum absolute atomic E-state index is 0.00478. The number of anilines is 1. The van der Waals surface area contributed by atoms with E-state index in [1.807, 2.05) is 43.3 Å². The van der Waals surface area contributed by atoms with Gasteiger partial charge in [-0.1, -0.05) is 54.1 Å². The second-order valence-corrected chi connectivity index (χ2v) is 10.4. The van der Waals surface area contributed by atoms with E-state index in [1.54, 1.807) is 25.1 Å². The Bertz CT molecular complexity index is 1280. The van der Waals surface area contributed by atoms with E-state index in [4.69, 9.17) is 11.6 Å². The molecule has 0 bridgehead atoms. The van der Waals surface area contributed by atoms with Gasteiger partial charge in [-0.25, -0.2) is 8.42 Å². The number of rotatable bonds is 9. The van der Waals surface area contributed by atoms with Crippen LogP contribution < -0.4 is 9.62 Å². The summed E-state index contributed by atoms with van der Waals surface area (Å²) in [6.45, 7) is 3.12. The lowest BCUT2D eigenvalue weighted by molar-refractivity contribution is -0.139. The number of halogens is 1. The number of carbonyl (C=O) groups is 2. The molecule has 0 spiro atoms. The SMILES string of the molecule is CNC(=O)C(C)N(Cc1ccccc1)C(=O)CN(c1cccc(C)c1)S(=O)(=O)c1ccc(Cl)cc1. The third-order valence-electron chi connectivity index (χ3n) is 5.58. The minimum Gasteiger partial charge on any atom is -0.357 e. The molecule has 0 saturated carbocycles. The zero-order valence-corrected chi connectivity index (χ0v) is 21.4. The zero-order chi connectivity index (χ0) is 25.6. The first-order valence-corrected chi connectivity index (χ1v) is 12.8. The third-order valence-corrected chi connectivity index (χ3v) is 7.62. The highest BCUT2D eigenvalue weighted by molar-refractivity contribution is 7.92. The van der Waals surface area contributed by atoms with Crippen LogP contribution in [0.25, 0.3) is 0 Å². The standard InChI is InChI=1S/C26H28ClN3O4S/c1-19-8-7-11-23(16-19)30(35(33,34)24-14-12-22(27)13-15-24)18-25(31)29(20(2)26(32)28-3)17-21-9-5-4-6-10-21/h4-16,20H,17-18H2,1-3H3,(H,28,32). The molecule has 1 unspecified atom stereocenters. The van der Waals surface area contributed by atoms with Crippen molar-refractivity contribution in [2.75, 3.05) is 17.9 Å². The smallest absolute Gasteiger partial charge is 0.264 e. The Balaban J connectivity index is 2.02. The van der Waals surface area contributed by atoms with Gasteiger partial charge in [0.2, 0.25) is 11.8 Å². The van der Waals surface area contributed by atoms with E-state index in [0.717, 1.165) is 15.4 Å². The number of benzene rings is 3. The highest BCUT2D eigenvalue weighted by Gasteiger charge is 2.32. The van der Waals surface area contributed by atoms with Crippen molar-refractivity contribution in [3.8, 4) is 0 Å². The van der Waals surface area contributed by atoms with Crippen molar-refractivity contribution in [1.29, 1.82) is 0 Å². The molecule has 1 N–H and O–H groups in total. The number of sulfonamides is 1. The van der Waals surface area contributed by atoms with E-state index in [9.17, 15) is 18.0 Å². The van der Waals surface area contributed by atoms with Crippen LogP contribution in [0.15, 0.2) is 83.8 Å². The van der Waals surface area contributed by atoms with Gasteiger partial charge in [0.05, 0.1) is 10.6 Å². The first kappa shape index (κ1) is 26.2. The molecule has 0 aliphatic heterocycles. The fourth-order valence-corrected chi connectivity index (χ4v) is 5.15. The average Bonchev–Trinajstić information content (AvgIpc) is 2.85. The molecule has 9 heteroatoms. The molecule has 3 rings (SSSR count). The Morgan fingerprint density at radius 2 is 1.63 bits per heavy atom. The molecule has 0 fully saturated rings. The summed E-state index contributed by atoms with van der Waals surface area (Å²) >= 11 is 5.95. The molecule has 3 aromatic carbocycles. The molecule has 3 aromatic rings. The third kappa shape index (κ3) is 6.41. The summed E-state index contributed by atoms with van der Waals surface area (Å²) in [6.07, 6.45) is 0. The quantitative estimate of drug-likeness (QED) is 0.468. The lowest BCUT2D eigenvalue weighted by Crippen LogP contribution is -2.50. The van der Waals surface area contributed by atoms with Crippen molar-refractivity contribution in [3.05, 3.63) is 95.0 Å². The normalized spacial score (nSPS) is 12.0. The van der Waals surface area contributed by atoms with Gasteiger partial charge in [-0.05, 0) is 61.4 Å². The molecule has 0 radical (unpaired) electrons. The number of hydrogen-bond acceptors (Lipinski definition) is 4.